The van der Waals surface area contributed by atoms with Gasteiger partial charge in [0.15, 0.2) is 11.6 Å². The van der Waals surface area contributed by atoms with E-state index in [9.17, 15) is 13.6 Å². The first-order chi connectivity index (χ1) is 14.1. The molecular formula is C23H21F2N3O. The Kier molecular flexibility index (Phi) is 5.62. The monoisotopic (exact) mass is 393 g/mol. The normalized spacial score (nSPS) is 14.8. The number of benzene rings is 2. The van der Waals surface area contributed by atoms with Crippen molar-refractivity contribution in [1.29, 1.82) is 0 Å². The topological polar surface area (TPSA) is 45.2 Å². The van der Waals surface area contributed by atoms with E-state index in [0.29, 0.717) is 6.54 Å². The molecule has 0 saturated carbocycles. The number of nitrogens with zero attached hydrogens (tertiary/aromatic N) is 2. The largest absolute Gasteiger partial charge is 0.350 e. The predicted molar refractivity (Wildman–Crippen MR) is 106 cm³/mol. The molecule has 2 heterocycles. The minimum Gasteiger partial charge on any atom is -0.350 e. The van der Waals surface area contributed by atoms with Crippen LogP contribution in [-0.4, -0.2) is 28.9 Å². The van der Waals surface area contributed by atoms with Gasteiger partial charge in [0.25, 0.3) is 5.91 Å². The summed E-state index contributed by atoms with van der Waals surface area (Å²) in [6.45, 7) is 1.97. The molecule has 0 saturated heterocycles. The number of fused-ring (bicyclic) bond motifs is 1. The third kappa shape index (κ3) is 4.32. The maximum atomic E-state index is 13.5. The van der Waals surface area contributed by atoms with Crippen molar-refractivity contribution in [1.82, 2.24) is 15.2 Å². The van der Waals surface area contributed by atoms with E-state index in [1.165, 1.54) is 17.2 Å². The van der Waals surface area contributed by atoms with Gasteiger partial charge in [0.1, 0.15) is 0 Å². The van der Waals surface area contributed by atoms with Crippen molar-refractivity contribution >= 4 is 5.91 Å². The molecule has 0 spiro atoms. The molecule has 29 heavy (non-hydrogen) atoms. The van der Waals surface area contributed by atoms with Crippen molar-refractivity contribution in [3.8, 4) is 0 Å². The molecule has 1 N–H and O–H groups in total. The highest BCUT2D eigenvalue weighted by Gasteiger charge is 2.25. The minimum absolute atomic E-state index is 0.0775. The van der Waals surface area contributed by atoms with Gasteiger partial charge in [-0.3, -0.25) is 14.7 Å². The fraction of sp³-hybridized carbons (Fsp3) is 0.217. The SMILES string of the molecule is O=C(NC[C@H](c1cccnc1)N1CCc2ccccc2C1)c1ccc(F)c(F)c1. The molecule has 0 aliphatic carbocycles. The predicted octanol–water partition coefficient (Wildman–Crippen LogP) is 3.89. The minimum atomic E-state index is -1.03. The van der Waals surface area contributed by atoms with Crippen molar-refractivity contribution in [3.05, 3.63) is 101 Å². The van der Waals surface area contributed by atoms with Gasteiger partial charge in [-0.05, 0) is 47.4 Å². The number of hydrogen-bond donors (Lipinski definition) is 1. The van der Waals surface area contributed by atoms with E-state index < -0.39 is 17.5 Å². The molecule has 1 amide bonds. The average Bonchev–Trinajstić information content (AvgIpc) is 2.76. The molecule has 1 aliphatic rings. The number of carbonyl (C=O) groups excluding carboxylic acids is 1. The Balaban J connectivity index is 1.52. The van der Waals surface area contributed by atoms with Crippen LogP contribution in [0.2, 0.25) is 0 Å². The molecule has 0 radical (unpaired) electrons. The Hall–Kier alpha value is -3.12. The molecule has 2 aromatic carbocycles. The molecule has 3 aromatic rings. The van der Waals surface area contributed by atoms with E-state index >= 15 is 0 Å². The molecule has 148 valence electrons. The molecule has 0 fully saturated rings. The Morgan fingerprint density at radius 1 is 1.07 bits per heavy atom. The van der Waals surface area contributed by atoms with Crippen molar-refractivity contribution in [2.24, 2.45) is 0 Å². The molecular weight excluding hydrogens is 372 g/mol. The van der Waals surface area contributed by atoms with Crippen LogP contribution in [0.3, 0.4) is 0 Å². The van der Waals surface area contributed by atoms with E-state index in [1.807, 2.05) is 18.2 Å². The fourth-order valence-electron chi connectivity index (χ4n) is 3.74. The molecule has 1 aliphatic heterocycles. The van der Waals surface area contributed by atoms with Gasteiger partial charge in [-0.25, -0.2) is 8.78 Å². The third-order valence-electron chi connectivity index (χ3n) is 5.31. The van der Waals surface area contributed by atoms with Crippen LogP contribution in [0.5, 0.6) is 0 Å². The van der Waals surface area contributed by atoms with Crippen molar-refractivity contribution < 1.29 is 13.6 Å². The molecule has 4 nitrogen and oxygen atoms in total. The third-order valence-corrected chi connectivity index (χ3v) is 5.31. The molecule has 0 unspecified atom stereocenters. The van der Waals surface area contributed by atoms with Gasteiger partial charge in [0, 0.05) is 37.6 Å². The maximum Gasteiger partial charge on any atom is 0.251 e. The Morgan fingerprint density at radius 2 is 1.90 bits per heavy atom. The van der Waals surface area contributed by atoms with E-state index in [2.05, 4.69) is 33.4 Å². The highest BCUT2D eigenvalue weighted by molar-refractivity contribution is 5.94. The average molecular weight is 393 g/mol. The Morgan fingerprint density at radius 3 is 2.66 bits per heavy atom. The summed E-state index contributed by atoms with van der Waals surface area (Å²) in [5.41, 5.74) is 3.72. The number of amides is 1. The molecule has 1 atom stereocenters. The van der Waals surface area contributed by atoms with Crippen LogP contribution in [-0.2, 0) is 13.0 Å². The van der Waals surface area contributed by atoms with Crippen molar-refractivity contribution in [2.45, 2.75) is 19.0 Å². The summed E-state index contributed by atoms with van der Waals surface area (Å²) in [6, 6.07) is 15.3. The second kappa shape index (κ2) is 8.49. The van der Waals surface area contributed by atoms with Crippen LogP contribution in [0.25, 0.3) is 0 Å². The van der Waals surface area contributed by atoms with Gasteiger partial charge >= 0.3 is 0 Å². The lowest BCUT2D eigenvalue weighted by molar-refractivity contribution is 0.0927. The summed E-state index contributed by atoms with van der Waals surface area (Å²) in [7, 11) is 0. The number of hydrogen-bond acceptors (Lipinski definition) is 3. The Bertz CT molecular complexity index is 1010. The Labute approximate surface area is 168 Å². The zero-order chi connectivity index (χ0) is 20.2. The van der Waals surface area contributed by atoms with Crippen LogP contribution < -0.4 is 5.32 Å². The van der Waals surface area contributed by atoms with E-state index in [0.717, 1.165) is 37.2 Å². The van der Waals surface area contributed by atoms with Crippen LogP contribution in [0, 0.1) is 11.6 Å². The first-order valence-electron chi connectivity index (χ1n) is 9.56. The van der Waals surface area contributed by atoms with Gasteiger partial charge in [-0.1, -0.05) is 30.3 Å². The second-order valence-corrected chi connectivity index (χ2v) is 7.13. The van der Waals surface area contributed by atoms with Gasteiger partial charge < -0.3 is 5.32 Å². The lowest BCUT2D eigenvalue weighted by Crippen LogP contribution is -2.40. The zero-order valence-electron chi connectivity index (χ0n) is 15.8. The smallest absolute Gasteiger partial charge is 0.251 e. The summed E-state index contributed by atoms with van der Waals surface area (Å²) in [5.74, 6) is -2.44. The van der Waals surface area contributed by atoms with Crippen LogP contribution in [0.4, 0.5) is 8.78 Å². The zero-order valence-corrected chi connectivity index (χ0v) is 15.8. The lowest BCUT2D eigenvalue weighted by atomic mass is 9.97. The first-order valence-corrected chi connectivity index (χ1v) is 9.56. The van der Waals surface area contributed by atoms with Crippen molar-refractivity contribution in [2.75, 3.05) is 13.1 Å². The molecule has 4 rings (SSSR count). The lowest BCUT2D eigenvalue weighted by Gasteiger charge is -2.36. The number of pyridine rings is 1. The molecule has 0 bridgehead atoms. The maximum absolute atomic E-state index is 13.5. The summed E-state index contributed by atoms with van der Waals surface area (Å²) < 4.78 is 26.6. The number of aromatic nitrogens is 1. The fourth-order valence-corrected chi connectivity index (χ4v) is 3.74. The molecule has 6 heteroatoms. The number of rotatable bonds is 5. The summed E-state index contributed by atoms with van der Waals surface area (Å²) >= 11 is 0. The van der Waals surface area contributed by atoms with Crippen LogP contribution in [0.15, 0.2) is 67.0 Å². The highest BCUT2D eigenvalue weighted by atomic mass is 19.2. The summed E-state index contributed by atoms with van der Waals surface area (Å²) in [5, 5.41) is 2.87. The van der Waals surface area contributed by atoms with Gasteiger partial charge in [-0.15, -0.1) is 0 Å². The van der Waals surface area contributed by atoms with Crippen LogP contribution in [0.1, 0.15) is 33.1 Å². The van der Waals surface area contributed by atoms with E-state index in [-0.39, 0.29) is 11.6 Å². The van der Waals surface area contributed by atoms with E-state index in [4.69, 9.17) is 0 Å². The van der Waals surface area contributed by atoms with E-state index in [1.54, 1.807) is 12.4 Å². The standard InChI is InChI=1S/C23H21F2N3O/c24-20-8-7-17(12-21(20)25)23(29)27-14-22(18-6-3-10-26-13-18)28-11-9-16-4-1-2-5-19(16)15-28/h1-8,10,12-13,22H,9,11,14-15H2,(H,27,29)/t22-/m1/s1. The van der Waals surface area contributed by atoms with Gasteiger partial charge in [0.2, 0.25) is 0 Å². The van der Waals surface area contributed by atoms with Crippen LogP contribution >= 0.6 is 0 Å². The van der Waals surface area contributed by atoms with Gasteiger partial charge in [-0.2, -0.15) is 0 Å². The highest BCUT2D eigenvalue weighted by Crippen LogP contribution is 2.27. The second-order valence-electron chi connectivity index (χ2n) is 7.13. The summed E-state index contributed by atoms with van der Waals surface area (Å²) in [6.07, 6.45) is 4.45. The molecule has 1 aromatic heterocycles. The van der Waals surface area contributed by atoms with Gasteiger partial charge in [0.05, 0.1) is 6.04 Å². The number of halogens is 2. The number of carbonyl (C=O) groups is 1. The first kappa shape index (κ1) is 19.2. The summed E-state index contributed by atoms with van der Waals surface area (Å²) in [4.78, 5) is 19.0. The quantitative estimate of drug-likeness (QED) is 0.715. The number of nitrogens with one attached hydrogen (secondary N) is 1. The van der Waals surface area contributed by atoms with Crippen molar-refractivity contribution in [3.63, 3.8) is 0 Å².